The standard InChI is InChI=1S/C34H36ClN7/c1-22(2)38-33-39-30-31(35)36-21-37-32(30)42(33)25-17-19-40(20-18-25)23-13-15-24(16-14-23)41-28-11-7-5-9-26(28)34(3,4)27-10-6-8-12-29(27)41/h5-16,21-22,25H,17-20H2,1-4H3,(H,38,39). The molecule has 1 fully saturated rings. The Hall–Kier alpha value is -4.10. The van der Waals surface area contributed by atoms with Gasteiger partial charge in [0.1, 0.15) is 11.8 Å². The molecule has 4 heterocycles. The number of rotatable bonds is 5. The fourth-order valence-corrected chi connectivity index (χ4v) is 6.90. The second kappa shape index (κ2) is 10.3. The number of anilines is 5. The largest absolute Gasteiger partial charge is 0.371 e. The van der Waals surface area contributed by atoms with Gasteiger partial charge < -0.3 is 15.1 Å². The number of aromatic nitrogens is 4. The molecule has 2 aromatic heterocycles. The van der Waals surface area contributed by atoms with E-state index in [0.717, 1.165) is 37.5 Å². The summed E-state index contributed by atoms with van der Waals surface area (Å²) in [4.78, 5) is 18.4. The van der Waals surface area contributed by atoms with Gasteiger partial charge in [0.15, 0.2) is 10.8 Å². The van der Waals surface area contributed by atoms with E-state index in [2.05, 4.69) is 130 Å². The Morgan fingerprint density at radius 3 is 2.05 bits per heavy atom. The zero-order valence-corrected chi connectivity index (χ0v) is 25.3. The number of benzene rings is 3. The van der Waals surface area contributed by atoms with E-state index in [1.165, 1.54) is 40.2 Å². The molecule has 7 nitrogen and oxygen atoms in total. The predicted octanol–water partition coefficient (Wildman–Crippen LogP) is 8.25. The van der Waals surface area contributed by atoms with Crippen LogP contribution in [-0.4, -0.2) is 38.7 Å². The first-order valence-corrected chi connectivity index (χ1v) is 15.2. The SMILES string of the molecule is CC(C)Nc1nc2c(Cl)ncnc2n1C1CCN(c2ccc(N3c4ccccc4C(C)(C)c4ccccc43)cc2)CC1. The number of nitrogens with one attached hydrogen (secondary N) is 1. The van der Waals surface area contributed by atoms with E-state index < -0.39 is 0 Å². The molecule has 0 saturated carbocycles. The Morgan fingerprint density at radius 2 is 1.43 bits per heavy atom. The monoisotopic (exact) mass is 577 g/mol. The number of nitrogens with zero attached hydrogens (tertiary/aromatic N) is 6. The van der Waals surface area contributed by atoms with Gasteiger partial charge in [0.2, 0.25) is 5.95 Å². The van der Waals surface area contributed by atoms with Crippen LogP contribution in [0.4, 0.5) is 28.7 Å². The van der Waals surface area contributed by atoms with Gasteiger partial charge in [0.25, 0.3) is 0 Å². The lowest BCUT2D eigenvalue weighted by molar-refractivity contribution is 0.405. The normalized spacial score (nSPS) is 16.5. The maximum Gasteiger partial charge on any atom is 0.205 e. The summed E-state index contributed by atoms with van der Waals surface area (Å²) < 4.78 is 2.23. The lowest BCUT2D eigenvalue weighted by Crippen LogP contribution is -2.35. The van der Waals surface area contributed by atoms with E-state index in [0.29, 0.717) is 10.7 Å². The molecule has 5 aromatic rings. The van der Waals surface area contributed by atoms with E-state index in [-0.39, 0.29) is 17.5 Å². The van der Waals surface area contributed by atoms with Crippen molar-refractivity contribution >= 4 is 51.5 Å². The molecule has 1 N–H and O–H groups in total. The van der Waals surface area contributed by atoms with Gasteiger partial charge in [-0.1, -0.05) is 61.8 Å². The molecule has 1 saturated heterocycles. The van der Waals surface area contributed by atoms with Crippen LogP contribution < -0.4 is 15.1 Å². The summed E-state index contributed by atoms with van der Waals surface area (Å²) in [5, 5.41) is 3.89. The maximum absolute atomic E-state index is 6.39. The molecular weight excluding hydrogens is 542 g/mol. The summed E-state index contributed by atoms with van der Waals surface area (Å²) >= 11 is 6.39. The predicted molar refractivity (Wildman–Crippen MR) is 173 cm³/mol. The Labute approximate surface area is 252 Å². The number of para-hydroxylation sites is 2. The van der Waals surface area contributed by atoms with Gasteiger partial charge in [-0.05, 0) is 74.2 Å². The van der Waals surface area contributed by atoms with Crippen LogP contribution in [0.25, 0.3) is 11.2 Å². The molecule has 0 radical (unpaired) electrons. The highest BCUT2D eigenvalue weighted by Gasteiger charge is 2.36. The summed E-state index contributed by atoms with van der Waals surface area (Å²) in [6.07, 6.45) is 3.51. The third-order valence-corrected chi connectivity index (χ3v) is 9.07. The van der Waals surface area contributed by atoms with E-state index >= 15 is 0 Å². The van der Waals surface area contributed by atoms with Crippen molar-refractivity contribution in [1.82, 2.24) is 19.5 Å². The van der Waals surface area contributed by atoms with Crippen molar-refractivity contribution in [3.8, 4) is 0 Å². The number of halogens is 1. The van der Waals surface area contributed by atoms with E-state index in [9.17, 15) is 0 Å². The molecule has 7 rings (SSSR count). The summed E-state index contributed by atoms with van der Waals surface area (Å²) in [6, 6.07) is 27.2. The molecule has 8 heteroatoms. The molecule has 0 spiro atoms. The lowest BCUT2D eigenvalue weighted by Gasteiger charge is -2.42. The van der Waals surface area contributed by atoms with Gasteiger partial charge in [-0.15, -0.1) is 0 Å². The fraction of sp³-hybridized carbons (Fsp3) is 0.324. The number of imidazole rings is 1. The Balaban J connectivity index is 1.14. The Kier molecular flexibility index (Phi) is 6.58. The molecule has 3 aromatic carbocycles. The molecule has 0 aliphatic carbocycles. The molecule has 0 unspecified atom stereocenters. The van der Waals surface area contributed by atoms with Crippen molar-refractivity contribution in [2.75, 3.05) is 28.2 Å². The summed E-state index contributed by atoms with van der Waals surface area (Å²) in [5.74, 6) is 0.815. The summed E-state index contributed by atoms with van der Waals surface area (Å²) in [7, 11) is 0. The van der Waals surface area contributed by atoms with Crippen molar-refractivity contribution < 1.29 is 0 Å². The highest BCUT2D eigenvalue weighted by atomic mass is 35.5. The van der Waals surface area contributed by atoms with Crippen LogP contribution in [-0.2, 0) is 5.41 Å². The minimum absolute atomic E-state index is 0.0591. The average Bonchev–Trinajstić information content (AvgIpc) is 3.36. The first kappa shape index (κ1) is 26.8. The van der Waals surface area contributed by atoms with E-state index in [1.54, 1.807) is 0 Å². The van der Waals surface area contributed by atoms with Crippen molar-refractivity contribution in [3.05, 3.63) is 95.4 Å². The molecule has 0 bridgehead atoms. The van der Waals surface area contributed by atoms with E-state index in [1.807, 2.05) is 0 Å². The average molecular weight is 578 g/mol. The number of piperidine rings is 1. The van der Waals surface area contributed by atoms with Crippen molar-refractivity contribution in [2.45, 2.75) is 58.0 Å². The molecular formula is C34H36ClN7. The molecule has 42 heavy (non-hydrogen) atoms. The number of fused-ring (bicyclic) bond motifs is 3. The van der Waals surface area contributed by atoms with Gasteiger partial charge >= 0.3 is 0 Å². The van der Waals surface area contributed by atoms with E-state index in [4.69, 9.17) is 16.6 Å². The lowest BCUT2D eigenvalue weighted by atomic mass is 9.73. The van der Waals surface area contributed by atoms with Crippen LogP contribution in [0.3, 0.4) is 0 Å². The van der Waals surface area contributed by atoms with Crippen LogP contribution in [0.1, 0.15) is 57.7 Å². The summed E-state index contributed by atoms with van der Waals surface area (Å²) in [6.45, 7) is 10.8. The zero-order chi connectivity index (χ0) is 29.0. The van der Waals surface area contributed by atoms with Gasteiger partial charge in [0, 0.05) is 42.0 Å². The Morgan fingerprint density at radius 1 is 0.833 bits per heavy atom. The van der Waals surface area contributed by atoms with Gasteiger partial charge in [-0.3, -0.25) is 4.57 Å². The minimum atomic E-state index is -0.0591. The maximum atomic E-state index is 6.39. The topological polar surface area (TPSA) is 62.1 Å². The number of hydrogen-bond donors (Lipinski definition) is 1. The van der Waals surface area contributed by atoms with Crippen LogP contribution in [0, 0.1) is 0 Å². The van der Waals surface area contributed by atoms with Gasteiger partial charge in [-0.2, -0.15) is 0 Å². The smallest absolute Gasteiger partial charge is 0.205 e. The van der Waals surface area contributed by atoms with Gasteiger partial charge in [0.05, 0.1) is 11.4 Å². The zero-order valence-electron chi connectivity index (χ0n) is 24.5. The van der Waals surface area contributed by atoms with Crippen LogP contribution in [0.2, 0.25) is 5.15 Å². The second-order valence-corrected chi connectivity index (χ2v) is 12.5. The molecule has 214 valence electrons. The highest BCUT2D eigenvalue weighted by molar-refractivity contribution is 6.33. The molecule has 0 amide bonds. The molecule has 2 aliphatic heterocycles. The van der Waals surface area contributed by atoms with Crippen LogP contribution in [0.15, 0.2) is 79.1 Å². The third kappa shape index (κ3) is 4.38. The quantitative estimate of drug-likeness (QED) is 0.212. The minimum Gasteiger partial charge on any atom is -0.371 e. The fourth-order valence-electron chi connectivity index (χ4n) is 6.73. The van der Waals surface area contributed by atoms with Crippen molar-refractivity contribution in [3.63, 3.8) is 0 Å². The first-order chi connectivity index (χ1) is 20.3. The second-order valence-electron chi connectivity index (χ2n) is 12.2. The molecule has 0 atom stereocenters. The van der Waals surface area contributed by atoms with Crippen molar-refractivity contribution in [1.29, 1.82) is 0 Å². The van der Waals surface area contributed by atoms with Crippen molar-refractivity contribution in [2.24, 2.45) is 0 Å². The van der Waals surface area contributed by atoms with Gasteiger partial charge in [-0.25, -0.2) is 15.0 Å². The number of hydrogen-bond acceptors (Lipinski definition) is 6. The van der Waals surface area contributed by atoms with Crippen LogP contribution in [0.5, 0.6) is 0 Å². The third-order valence-electron chi connectivity index (χ3n) is 8.79. The summed E-state index contributed by atoms with van der Waals surface area (Å²) in [5.41, 5.74) is 9.01. The highest BCUT2D eigenvalue weighted by Crippen LogP contribution is 2.51. The van der Waals surface area contributed by atoms with Crippen LogP contribution >= 0.6 is 11.6 Å². The Bertz CT molecular complexity index is 1700. The first-order valence-electron chi connectivity index (χ1n) is 14.8. The molecule has 2 aliphatic rings.